The van der Waals surface area contributed by atoms with E-state index >= 15 is 0 Å². The van der Waals surface area contributed by atoms with Gasteiger partial charge in [0.15, 0.2) is 5.43 Å². The van der Waals surface area contributed by atoms with Crippen LogP contribution >= 0.6 is 0 Å². The summed E-state index contributed by atoms with van der Waals surface area (Å²) < 4.78 is 4.86. The van der Waals surface area contributed by atoms with Gasteiger partial charge in [-0.2, -0.15) is 0 Å². The number of amides is 1. The first kappa shape index (κ1) is 14.5. The zero-order valence-corrected chi connectivity index (χ0v) is 11.4. The Balaban J connectivity index is 2.10. The third-order valence-corrected chi connectivity index (χ3v) is 2.72. The molecule has 0 saturated carbocycles. The lowest BCUT2D eigenvalue weighted by molar-refractivity contribution is 0.0526. The number of hydrogen-bond acceptors (Lipinski definition) is 4. The highest BCUT2D eigenvalue weighted by molar-refractivity contribution is 6.04. The van der Waals surface area contributed by atoms with E-state index in [1.54, 1.807) is 31.2 Å². The lowest BCUT2D eigenvalue weighted by atomic mass is 10.2. The molecule has 0 saturated heterocycles. The molecule has 1 amide bonds. The second kappa shape index (κ2) is 6.51. The van der Waals surface area contributed by atoms with Crippen molar-refractivity contribution in [2.75, 3.05) is 11.9 Å². The number of hydrogen-bond donors (Lipinski definition) is 2. The Kier molecular flexibility index (Phi) is 4.50. The zero-order valence-electron chi connectivity index (χ0n) is 11.4. The van der Waals surface area contributed by atoms with Crippen molar-refractivity contribution in [3.8, 4) is 0 Å². The topological polar surface area (TPSA) is 88.3 Å². The van der Waals surface area contributed by atoms with E-state index in [0.29, 0.717) is 17.9 Å². The summed E-state index contributed by atoms with van der Waals surface area (Å²) in [7, 11) is 0. The first-order chi connectivity index (χ1) is 10.1. The number of aromatic nitrogens is 1. The molecule has 0 bridgehead atoms. The SMILES string of the molecule is CCOC(=O)c1ccc(NC(=O)c2c[nH]ccc2=O)cc1. The fraction of sp³-hybridized carbons (Fsp3) is 0.133. The van der Waals surface area contributed by atoms with Crippen LogP contribution in [0.4, 0.5) is 5.69 Å². The van der Waals surface area contributed by atoms with E-state index in [1.807, 2.05) is 0 Å². The van der Waals surface area contributed by atoms with Gasteiger partial charge in [-0.3, -0.25) is 9.59 Å². The lowest BCUT2D eigenvalue weighted by Crippen LogP contribution is -2.20. The second-order valence-electron chi connectivity index (χ2n) is 4.17. The van der Waals surface area contributed by atoms with Crippen LogP contribution in [0.3, 0.4) is 0 Å². The maximum Gasteiger partial charge on any atom is 0.338 e. The van der Waals surface area contributed by atoms with Gasteiger partial charge in [0.05, 0.1) is 12.2 Å². The second-order valence-corrected chi connectivity index (χ2v) is 4.17. The molecule has 0 atom stereocenters. The maximum atomic E-state index is 11.9. The van der Waals surface area contributed by atoms with Crippen LogP contribution in [0.2, 0.25) is 0 Å². The predicted molar refractivity (Wildman–Crippen MR) is 77.4 cm³/mol. The van der Waals surface area contributed by atoms with Crippen molar-refractivity contribution < 1.29 is 14.3 Å². The van der Waals surface area contributed by atoms with Crippen molar-refractivity contribution >= 4 is 17.6 Å². The molecule has 2 N–H and O–H groups in total. The van der Waals surface area contributed by atoms with E-state index < -0.39 is 11.9 Å². The van der Waals surface area contributed by atoms with Gasteiger partial charge in [0, 0.05) is 24.1 Å². The van der Waals surface area contributed by atoms with Gasteiger partial charge in [-0.05, 0) is 31.2 Å². The van der Waals surface area contributed by atoms with E-state index in [2.05, 4.69) is 10.3 Å². The predicted octanol–water partition coefficient (Wildman–Crippen LogP) is 1.80. The van der Waals surface area contributed by atoms with Gasteiger partial charge in [-0.15, -0.1) is 0 Å². The molecule has 0 radical (unpaired) electrons. The molecule has 2 rings (SSSR count). The summed E-state index contributed by atoms with van der Waals surface area (Å²) in [6, 6.07) is 7.51. The van der Waals surface area contributed by atoms with E-state index in [1.165, 1.54) is 18.5 Å². The third kappa shape index (κ3) is 3.56. The van der Waals surface area contributed by atoms with Crippen molar-refractivity contribution in [1.29, 1.82) is 0 Å². The monoisotopic (exact) mass is 286 g/mol. The molecule has 21 heavy (non-hydrogen) atoms. The Bertz CT molecular complexity index is 704. The lowest BCUT2D eigenvalue weighted by Gasteiger charge is -2.06. The highest BCUT2D eigenvalue weighted by Crippen LogP contribution is 2.11. The largest absolute Gasteiger partial charge is 0.462 e. The highest BCUT2D eigenvalue weighted by atomic mass is 16.5. The number of pyridine rings is 1. The summed E-state index contributed by atoms with van der Waals surface area (Å²) in [5.41, 5.74) is 0.532. The summed E-state index contributed by atoms with van der Waals surface area (Å²) in [5.74, 6) is -0.935. The zero-order chi connectivity index (χ0) is 15.2. The number of ether oxygens (including phenoxy) is 1. The minimum Gasteiger partial charge on any atom is -0.462 e. The number of aromatic amines is 1. The number of nitrogens with one attached hydrogen (secondary N) is 2. The van der Waals surface area contributed by atoms with Gasteiger partial charge in [-0.1, -0.05) is 0 Å². The third-order valence-electron chi connectivity index (χ3n) is 2.72. The van der Waals surface area contributed by atoms with Crippen LogP contribution in [-0.2, 0) is 4.74 Å². The molecular formula is C15H14N2O4. The van der Waals surface area contributed by atoms with Crippen LogP contribution in [0.5, 0.6) is 0 Å². The molecule has 1 heterocycles. The minimum atomic E-state index is -0.513. The average molecular weight is 286 g/mol. The van der Waals surface area contributed by atoms with E-state index in [4.69, 9.17) is 4.74 Å². The van der Waals surface area contributed by atoms with Crippen molar-refractivity contribution in [2.45, 2.75) is 6.92 Å². The molecular weight excluding hydrogens is 272 g/mol. The van der Waals surface area contributed by atoms with Gasteiger partial charge in [0.1, 0.15) is 5.56 Å². The van der Waals surface area contributed by atoms with Gasteiger partial charge in [0.2, 0.25) is 0 Å². The molecule has 6 heteroatoms. The Morgan fingerprint density at radius 3 is 2.52 bits per heavy atom. The number of anilines is 1. The van der Waals surface area contributed by atoms with Gasteiger partial charge < -0.3 is 15.0 Å². The Morgan fingerprint density at radius 1 is 1.19 bits per heavy atom. The number of esters is 1. The van der Waals surface area contributed by atoms with E-state index in [0.717, 1.165) is 0 Å². The fourth-order valence-corrected chi connectivity index (χ4v) is 1.70. The molecule has 2 aromatic rings. The Morgan fingerprint density at radius 2 is 1.90 bits per heavy atom. The van der Waals surface area contributed by atoms with Crippen LogP contribution in [0.15, 0.2) is 47.5 Å². The Hall–Kier alpha value is -2.89. The quantitative estimate of drug-likeness (QED) is 0.839. The number of H-pyrrole nitrogens is 1. The van der Waals surface area contributed by atoms with Gasteiger partial charge in [0.25, 0.3) is 5.91 Å². The number of rotatable bonds is 4. The standard InChI is InChI=1S/C15H14N2O4/c1-2-21-15(20)10-3-5-11(6-4-10)17-14(19)12-9-16-8-7-13(12)18/h3-9H,2H2,1H3,(H,16,18)(H,17,19). The smallest absolute Gasteiger partial charge is 0.338 e. The van der Waals surface area contributed by atoms with Crippen molar-refractivity contribution in [3.05, 3.63) is 64.1 Å². The van der Waals surface area contributed by atoms with Gasteiger partial charge in [-0.25, -0.2) is 4.79 Å². The summed E-state index contributed by atoms with van der Waals surface area (Å²) in [4.78, 5) is 37.6. The normalized spacial score (nSPS) is 9.95. The highest BCUT2D eigenvalue weighted by Gasteiger charge is 2.10. The van der Waals surface area contributed by atoms with Crippen LogP contribution in [0.1, 0.15) is 27.6 Å². The summed E-state index contributed by atoms with van der Waals surface area (Å²) in [6.45, 7) is 2.03. The summed E-state index contributed by atoms with van der Waals surface area (Å²) >= 11 is 0. The van der Waals surface area contributed by atoms with Crippen molar-refractivity contribution in [3.63, 3.8) is 0 Å². The van der Waals surface area contributed by atoms with Gasteiger partial charge >= 0.3 is 5.97 Å². The summed E-state index contributed by atoms with van der Waals surface area (Å²) in [6.07, 6.45) is 2.79. The first-order valence-corrected chi connectivity index (χ1v) is 6.37. The molecule has 0 unspecified atom stereocenters. The number of benzene rings is 1. The molecule has 6 nitrogen and oxygen atoms in total. The molecule has 0 aliphatic heterocycles. The van der Waals surface area contributed by atoms with Crippen molar-refractivity contribution in [2.24, 2.45) is 0 Å². The molecule has 1 aromatic heterocycles. The van der Waals surface area contributed by atoms with Crippen LogP contribution in [-0.4, -0.2) is 23.5 Å². The molecule has 0 fully saturated rings. The molecule has 0 aliphatic carbocycles. The van der Waals surface area contributed by atoms with Crippen molar-refractivity contribution in [1.82, 2.24) is 4.98 Å². The molecule has 1 aromatic carbocycles. The number of carbonyl (C=O) groups excluding carboxylic acids is 2. The van der Waals surface area contributed by atoms with Crippen LogP contribution in [0, 0.1) is 0 Å². The molecule has 0 spiro atoms. The number of carbonyl (C=O) groups is 2. The summed E-state index contributed by atoms with van der Waals surface area (Å²) in [5, 5.41) is 2.59. The van der Waals surface area contributed by atoms with E-state index in [-0.39, 0.29) is 11.0 Å². The van der Waals surface area contributed by atoms with E-state index in [9.17, 15) is 14.4 Å². The van der Waals surface area contributed by atoms with Crippen LogP contribution < -0.4 is 10.7 Å². The minimum absolute atomic E-state index is 0.0203. The maximum absolute atomic E-state index is 11.9. The Labute approximate surface area is 120 Å². The first-order valence-electron chi connectivity index (χ1n) is 6.37. The van der Waals surface area contributed by atoms with Crippen LogP contribution in [0.25, 0.3) is 0 Å². The average Bonchev–Trinajstić information content (AvgIpc) is 2.48. The molecule has 108 valence electrons. The molecule has 0 aliphatic rings. The fourth-order valence-electron chi connectivity index (χ4n) is 1.70.